The van der Waals surface area contributed by atoms with Crippen LogP contribution in [0, 0.1) is 5.82 Å². The fourth-order valence-electron chi connectivity index (χ4n) is 1.95. The molecule has 2 aromatic rings. The van der Waals surface area contributed by atoms with Gasteiger partial charge in [-0.1, -0.05) is 45.2 Å². The number of hydrogen-bond donors (Lipinski definition) is 1. The normalized spacial score (nSPS) is 12.5. The van der Waals surface area contributed by atoms with Gasteiger partial charge in [0.05, 0.1) is 6.04 Å². The topological polar surface area (TPSA) is 12.0 Å². The van der Waals surface area contributed by atoms with Gasteiger partial charge in [-0.25, -0.2) is 4.39 Å². The molecular formula is C14H11BrCl2FN. The lowest BCUT2D eigenvalue weighted by atomic mass is 9.98. The number of benzene rings is 2. The molecule has 1 atom stereocenters. The first-order valence-electron chi connectivity index (χ1n) is 5.60. The highest BCUT2D eigenvalue weighted by molar-refractivity contribution is 9.10. The highest BCUT2D eigenvalue weighted by atomic mass is 79.9. The summed E-state index contributed by atoms with van der Waals surface area (Å²) in [5, 5.41) is 4.13. The molecule has 2 rings (SSSR count). The van der Waals surface area contributed by atoms with E-state index < -0.39 is 0 Å². The molecule has 1 nitrogen and oxygen atoms in total. The van der Waals surface area contributed by atoms with E-state index in [0.717, 1.165) is 10.0 Å². The van der Waals surface area contributed by atoms with Gasteiger partial charge in [0.2, 0.25) is 0 Å². The van der Waals surface area contributed by atoms with Crippen LogP contribution in [0.1, 0.15) is 17.2 Å². The number of rotatable bonds is 3. The molecule has 100 valence electrons. The minimum atomic E-state index is -0.331. The van der Waals surface area contributed by atoms with Gasteiger partial charge in [-0.05, 0) is 42.9 Å². The smallest absolute Gasteiger partial charge is 0.128 e. The Kier molecular flexibility index (Phi) is 4.85. The number of hydrogen-bond acceptors (Lipinski definition) is 1. The minimum Gasteiger partial charge on any atom is -0.309 e. The molecular weight excluding hydrogens is 352 g/mol. The van der Waals surface area contributed by atoms with Gasteiger partial charge in [0, 0.05) is 20.1 Å². The third-order valence-corrected chi connectivity index (χ3v) is 3.89. The zero-order valence-electron chi connectivity index (χ0n) is 10.1. The summed E-state index contributed by atoms with van der Waals surface area (Å²) in [6, 6.07) is 9.68. The first-order valence-corrected chi connectivity index (χ1v) is 7.15. The number of halogens is 4. The molecule has 0 aliphatic carbocycles. The molecule has 0 heterocycles. The average molecular weight is 363 g/mol. The molecule has 0 saturated heterocycles. The zero-order chi connectivity index (χ0) is 14.0. The molecule has 0 amide bonds. The lowest BCUT2D eigenvalue weighted by Gasteiger charge is -2.19. The monoisotopic (exact) mass is 361 g/mol. The molecule has 0 aliphatic rings. The van der Waals surface area contributed by atoms with Crippen LogP contribution in [-0.4, -0.2) is 7.05 Å². The summed E-state index contributed by atoms with van der Waals surface area (Å²) >= 11 is 15.4. The molecule has 1 unspecified atom stereocenters. The van der Waals surface area contributed by atoms with Crippen LogP contribution in [0.4, 0.5) is 4.39 Å². The third kappa shape index (κ3) is 3.29. The maximum absolute atomic E-state index is 14.0. The van der Waals surface area contributed by atoms with Crippen molar-refractivity contribution in [3.63, 3.8) is 0 Å². The summed E-state index contributed by atoms with van der Waals surface area (Å²) in [6.07, 6.45) is 0. The van der Waals surface area contributed by atoms with Crippen molar-refractivity contribution in [3.05, 3.63) is 67.9 Å². The van der Waals surface area contributed by atoms with Crippen molar-refractivity contribution < 1.29 is 4.39 Å². The Morgan fingerprint density at radius 1 is 1.11 bits per heavy atom. The predicted octanol–water partition coefficient (Wildman–Crippen LogP) is 5.20. The van der Waals surface area contributed by atoms with Crippen molar-refractivity contribution in [1.29, 1.82) is 0 Å². The Labute approximate surface area is 129 Å². The summed E-state index contributed by atoms with van der Waals surface area (Å²) in [6.45, 7) is 0. The summed E-state index contributed by atoms with van der Waals surface area (Å²) in [5.74, 6) is -0.284. The Bertz CT molecular complexity index is 604. The van der Waals surface area contributed by atoms with Crippen LogP contribution in [0.25, 0.3) is 0 Å². The minimum absolute atomic E-state index is 0.284. The van der Waals surface area contributed by atoms with Crippen LogP contribution in [0.2, 0.25) is 10.0 Å². The second kappa shape index (κ2) is 6.23. The highest BCUT2D eigenvalue weighted by Gasteiger charge is 2.19. The first kappa shape index (κ1) is 14.8. The van der Waals surface area contributed by atoms with Crippen LogP contribution in [0.3, 0.4) is 0 Å². The predicted molar refractivity (Wildman–Crippen MR) is 81.5 cm³/mol. The van der Waals surface area contributed by atoms with E-state index in [0.29, 0.717) is 15.6 Å². The number of nitrogens with one attached hydrogen (secondary N) is 1. The Morgan fingerprint density at radius 2 is 1.84 bits per heavy atom. The average Bonchev–Trinajstić information content (AvgIpc) is 2.36. The first-order chi connectivity index (χ1) is 9.02. The molecule has 5 heteroatoms. The van der Waals surface area contributed by atoms with Crippen LogP contribution in [-0.2, 0) is 0 Å². The maximum Gasteiger partial charge on any atom is 0.128 e. The van der Waals surface area contributed by atoms with E-state index in [1.54, 1.807) is 37.4 Å². The third-order valence-electron chi connectivity index (χ3n) is 2.83. The Morgan fingerprint density at radius 3 is 2.47 bits per heavy atom. The standard InChI is InChI=1S/C14H11BrCl2FN/c1-19-14(10-4-3-9(16)7-12(10)17)11-6-8(15)2-5-13(11)18/h2-7,14,19H,1H3. The van der Waals surface area contributed by atoms with Gasteiger partial charge >= 0.3 is 0 Å². The van der Waals surface area contributed by atoms with Gasteiger partial charge in [-0.3, -0.25) is 0 Å². The molecule has 0 bridgehead atoms. The van der Waals surface area contributed by atoms with Gasteiger partial charge < -0.3 is 5.32 Å². The molecule has 0 saturated carbocycles. The molecule has 0 aliphatic heterocycles. The van der Waals surface area contributed by atoms with E-state index in [1.807, 2.05) is 0 Å². The molecule has 0 fully saturated rings. The fourth-order valence-corrected chi connectivity index (χ4v) is 2.85. The van der Waals surface area contributed by atoms with Gasteiger partial charge in [-0.2, -0.15) is 0 Å². The highest BCUT2D eigenvalue weighted by Crippen LogP contribution is 2.32. The lowest BCUT2D eigenvalue weighted by Crippen LogP contribution is -2.19. The summed E-state index contributed by atoms with van der Waals surface area (Å²) in [7, 11) is 1.76. The van der Waals surface area contributed by atoms with Crippen molar-refractivity contribution >= 4 is 39.1 Å². The summed E-state index contributed by atoms with van der Waals surface area (Å²) in [4.78, 5) is 0. The Hall–Kier alpha value is -0.610. The summed E-state index contributed by atoms with van der Waals surface area (Å²) in [5.41, 5.74) is 1.31. The SMILES string of the molecule is CNC(c1cc(Br)ccc1F)c1ccc(Cl)cc1Cl. The van der Waals surface area contributed by atoms with Crippen LogP contribution >= 0.6 is 39.1 Å². The van der Waals surface area contributed by atoms with E-state index in [-0.39, 0.29) is 11.9 Å². The van der Waals surface area contributed by atoms with Crippen molar-refractivity contribution in [1.82, 2.24) is 5.32 Å². The van der Waals surface area contributed by atoms with Crippen LogP contribution < -0.4 is 5.32 Å². The molecule has 1 N–H and O–H groups in total. The van der Waals surface area contributed by atoms with Gasteiger partial charge in [-0.15, -0.1) is 0 Å². The van der Waals surface area contributed by atoms with Gasteiger partial charge in [0.25, 0.3) is 0 Å². The van der Waals surface area contributed by atoms with E-state index in [9.17, 15) is 4.39 Å². The molecule has 19 heavy (non-hydrogen) atoms. The fraction of sp³-hybridized carbons (Fsp3) is 0.143. The largest absolute Gasteiger partial charge is 0.309 e. The van der Waals surface area contributed by atoms with E-state index in [1.165, 1.54) is 6.07 Å². The quantitative estimate of drug-likeness (QED) is 0.790. The zero-order valence-corrected chi connectivity index (χ0v) is 13.2. The van der Waals surface area contributed by atoms with Gasteiger partial charge in [0.15, 0.2) is 0 Å². The Balaban J connectivity index is 2.52. The second-order valence-corrected chi connectivity index (χ2v) is 5.81. The molecule has 0 aromatic heterocycles. The van der Waals surface area contributed by atoms with Crippen LogP contribution in [0.15, 0.2) is 40.9 Å². The van der Waals surface area contributed by atoms with E-state index >= 15 is 0 Å². The summed E-state index contributed by atoms with van der Waals surface area (Å²) < 4.78 is 14.8. The van der Waals surface area contributed by atoms with Crippen LogP contribution in [0.5, 0.6) is 0 Å². The molecule has 2 aromatic carbocycles. The van der Waals surface area contributed by atoms with Gasteiger partial charge in [0.1, 0.15) is 5.82 Å². The van der Waals surface area contributed by atoms with Crippen molar-refractivity contribution in [2.24, 2.45) is 0 Å². The molecule has 0 radical (unpaired) electrons. The van der Waals surface area contributed by atoms with Crippen molar-refractivity contribution in [2.45, 2.75) is 6.04 Å². The maximum atomic E-state index is 14.0. The van der Waals surface area contributed by atoms with Crippen molar-refractivity contribution in [2.75, 3.05) is 7.05 Å². The van der Waals surface area contributed by atoms with E-state index in [2.05, 4.69) is 21.2 Å². The van der Waals surface area contributed by atoms with Crippen molar-refractivity contribution in [3.8, 4) is 0 Å². The molecule has 0 spiro atoms. The lowest BCUT2D eigenvalue weighted by molar-refractivity contribution is 0.576. The van der Waals surface area contributed by atoms with E-state index in [4.69, 9.17) is 23.2 Å². The second-order valence-electron chi connectivity index (χ2n) is 4.05.